The summed E-state index contributed by atoms with van der Waals surface area (Å²) in [6, 6.07) is -0.422. The van der Waals surface area contributed by atoms with Crippen LogP contribution < -0.4 is 5.32 Å². The van der Waals surface area contributed by atoms with Crippen LogP contribution in [0.5, 0.6) is 0 Å². The maximum Gasteiger partial charge on any atom is 0.274 e. The van der Waals surface area contributed by atoms with Crippen LogP contribution in [0.4, 0.5) is 5.69 Å². The molecular formula is C12H18N4O2. The molecule has 1 N–H and O–H groups in total. The molecule has 0 spiro atoms. The summed E-state index contributed by atoms with van der Waals surface area (Å²) >= 11 is 0. The van der Waals surface area contributed by atoms with Crippen LogP contribution in [-0.2, 0) is 18.3 Å². The van der Waals surface area contributed by atoms with E-state index in [0.717, 1.165) is 5.69 Å². The molecule has 0 saturated carbocycles. The zero-order valence-electron chi connectivity index (χ0n) is 11.1. The maximum absolute atomic E-state index is 12.4. The molecule has 1 aromatic rings. The second-order valence-corrected chi connectivity index (χ2v) is 4.48. The van der Waals surface area contributed by atoms with Gasteiger partial charge in [-0.1, -0.05) is 13.8 Å². The van der Waals surface area contributed by atoms with Gasteiger partial charge in [-0.3, -0.25) is 14.3 Å². The Morgan fingerprint density at radius 1 is 1.28 bits per heavy atom. The number of nitrogens with zero attached hydrogens (tertiary/aromatic N) is 3. The summed E-state index contributed by atoms with van der Waals surface area (Å²) in [4.78, 5) is 26.0. The Morgan fingerprint density at radius 3 is 2.50 bits per heavy atom. The van der Waals surface area contributed by atoms with Gasteiger partial charge in [-0.05, 0) is 12.8 Å². The first-order chi connectivity index (χ1) is 8.51. The molecule has 0 aromatic carbocycles. The molecule has 18 heavy (non-hydrogen) atoms. The van der Waals surface area contributed by atoms with Crippen LogP contribution in [0, 0.1) is 0 Å². The summed E-state index contributed by atoms with van der Waals surface area (Å²) in [5, 5.41) is 7.12. The highest BCUT2D eigenvalue weighted by molar-refractivity contribution is 6.09. The van der Waals surface area contributed by atoms with Crippen molar-refractivity contribution in [2.75, 3.05) is 12.4 Å². The van der Waals surface area contributed by atoms with Crippen molar-refractivity contribution in [1.82, 2.24) is 14.7 Å². The molecule has 1 atom stereocenters. The van der Waals surface area contributed by atoms with Gasteiger partial charge in [0.2, 0.25) is 5.91 Å². The van der Waals surface area contributed by atoms with Gasteiger partial charge in [0.05, 0.1) is 11.4 Å². The fourth-order valence-corrected chi connectivity index (χ4v) is 2.35. The summed E-state index contributed by atoms with van der Waals surface area (Å²) < 4.78 is 1.55. The third-order valence-electron chi connectivity index (χ3n) is 3.38. The van der Waals surface area contributed by atoms with Crippen molar-refractivity contribution in [2.45, 2.75) is 32.7 Å². The van der Waals surface area contributed by atoms with Crippen molar-refractivity contribution in [1.29, 1.82) is 0 Å². The lowest BCUT2D eigenvalue weighted by Gasteiger charge is -2.22. The van der Waals surface area contributed by atoms with Gasteiger partial charge in [0.25, 0.3) is 5.91 Å². The van der Waals surface area contributed by atoms with Gasteiger partial charge in [-0.25, -0.2) is 0 Å². The summed E-state index contributed by atoms with van der Waals surface area (Å²) in [7, 11) is 3.38. The minimum Gasteiger partial charge on any atom is -0.328 e. The van der Waals surface area contributed by atoms with Gasteiger partial charge < -0.3 is 10.2 Å². The number of likely N-dealkylation sites (N-methyl/N-ethyl adjacent to an activating group) is 1. The highest BCUT2D eigenvalue weighted by Crippen LogP contribution is 2.26. The molecule has 0 fully saturated rings. The number of aromatic nitrogens is 2. The molecule has 0 saturated heterocycles. The van der Waals surface area contributed by atoms with Crippen LogP contribution in [0.3, 0.4) is 0 Å². The summed E-state index contributed by atoms with van der Waals surface area (Å²) in [5.74, 6) is -0.306. The normalized spacial score (nSPS) is 19.6. The van der Waals surface area contributed by atoms with Crippen molar-refractivity contribution >= 4 is 17.5 Å². The number of hydrogen-bond donors (Lipinski definition) is 1. The Labute approximate surface area is 106 Å². The molecule has 0 radical (unpaired) electrons. The average molecular weight is 250 g/mol. The van der Waals surface area contributed by atoms with Crippen molar-refractivity contribution in [3.8, 4) is 0 Å². The number of anilines is 1. The second kappa shape index (κ2) is 4.44. The Hall–Kier alpha value is -1.85. The lowest BCUT2D eigenvalue weighted by Crippen LogP contribution is -2.42. The first-order valence-corrected chi connectivity index (χ1v) is 6.15. The molecule has 1 aliphatic heterocycles. The largest absolute Gasteiger partial charge is 0.328 e. The lowest BCUT2D eigenvalue weighted by molar-refractivity contribution is -0.120. The van der Waals surface area contributed by atoms with E-state index in [9.17, 15) is 9.59 Å². The molecule has 6 nitrogen and oxygen atoms in total. The van der Waals surface area contributed by atoms with Gasteiger partial charge in [0.1, 0.15) is 11.7 Å². The molecule has 0 bridgehead atoms. The van der Waals surface area contributed by atoms with Crippen LogP contribution in [0.15, 0.2) is 0 Å². The lowest BCUT2D eigenvalue weighted by atomic mass is 10.2. The summed E-state index contributed by atoms with van der Waals surface area (Å²) in [5.41, 5.74) is 1.77. The molecule has 2 heterocycles. The van der Waals surface area contributed by atoms with Gasteiger partial charge in [-0.2, -0.15) is 5.10 Å². The minimum absolute atomic E-state index is 0.144. The third-order valence-corrected chi connectivity index (χ3v) is 3.38. The Kier molecular flexibility index (Phi) is 3.11. The van der Waals surface area contributed by atoms with E-state index in [4.69, 9.17) is 0 Å². The molecule has 2 amide bonds. The molecule has 1 aliphatic rings. The van der Waals surface area contributed by atoms with E-state index in [1.54, 1.807) is 18.8 Å². The van der Waals surface area contributed by atoms with E-state index in [-0.39, 0.29) is 11.8 Å². The van der Waals surface area contributed by atoms with Crippen LogP contribution in [0.2, 0.25) is 0 Å². The van der Waals surface area contributed by atoms with Gasteiger partial charge in [0, 0.05) is 14.1 Å². The third kappa shape index (κ3) is 1.68. The number of fused-ring (bicyclic) bond motifs is 1. The first-order valence-electron chi connectivity index (χ1n) is 6.15. The van der Waals surface area contributed by atoms with Crippen molar-refractivity contribution < 1.29 is 9.59 Å². The summed E-state index contributed by atoms with van der Waals surface area (Å²) in [6.07, 6.45) is 1.27. The Balaban J connectivity index is 2.57. The predicted octanol–water partition coefficient (Wildman–Crippen LogP) is 0.785. The highest BCUT2D eigenvalue weighted by Gasteiger charge is 2.35. The number of carbonyl (C=O) groups excluding carboxylic acids is 2. The van der Waals surface area contributed by atoms with E-state index < -0.39 is 6.04 Å². The number of rotatable bonds is 2. The Bertz CT molecular complexity index is 506. The second-order valence-electron chi connectivity index (χ2n) is 4.48. The van der Waals surface area contributed by atoms with Crippen molar-refractivity contribution in [3.05, 3.63) is 11.4 Å². The van der Waals surface area contributed by atoms with Crippen LogP contribution in [-0.4, -0.2) is 39.6 Å². The van der Waals surface area contributed by atoms with E-state index in [0.29, 0.717) is 24.2 Å². The molecule has 98 valence electrons. The first kappa shape index (κ1) is 12.6. The smallest absolute Gasteiger partial charge is 0.274 e. The molecule has 6 heteroatoms. The monoisotopic (exact) mass is 250 g/mol. The SMILES string of the molecule is CCc1nn(C)c2c1NC(=O)[C@H](CC)N(C)C2=O. The number of aryl methyl sites for hydroxylation is 2. The zero-order valence-corrected chi connectivity index (χ0v) is 11.1. The van der Waals surface area contributed by atoms with E-state index in [1.807, 2.05) is 13.8 Å². The number of amides is 2. The van der Waals surface area contributed by atoms with Crippen LogP contribution in [0.25, 0.3) is 0 Å². The zero-order chi connectivity index (χ0) is 13.4. The van der Waals surface area contributed by atoms with E-state index in [2.05, 4.69) is 10.4 Å². The number of carbonyl (C=O) groups is 2. The number of nitrogens with one attached hydrogen (secondary N) is 1. The molecule has 1 aromatic heterocycles. The fraction of sp³-hybridized carbons (Fsp3) is 0.583. The average Bonchev–Trinajstić information content (AvgIpc) is 2.60. The standard InChI is InChI=1S/C12H18N4O2/c1-5-7-9-10(16(4)14-7)12(18)15(3)8(6-2)11(17)13-9/h8H,5-6H2,1-4H3,(H,13,17)/t8-/m0/s1. The molecule has 0 unspecified atom stereocenters. The maximum atomic E-state index is 12.4. The van der Waals surface area contributed by atoms with Gasteiger partial charge >= 0.3 is 0 Å². The fourth-order valence-electron chi connectivity index (χ4n) is 2.35. The highest BCUT2D eigenvalue weighted by atomic mass is 16.2. The van der Waals surface area contributed by atoms with Crippen LogP contribution in [0.1, 0.15) is 36.5 Å². The number of hydrogen-bond acceptors (Lipinski definition) is 3. The quantitative estimate of drug-likeness (QED) is 0.843. The van der Waals surface area contributed by atoms with Crippen LogP contribution >= 0.6 is 0 Å². The van der Waals surface area contributed by atoms with Crippen molar-refractivity contribution in [2.24, 2.45) is 7.05 Å². The topological polar surface area (TPSA) is 67.2 Å². The van der Waals surface area contributed by atoms with Gasteiger partial charge in [-0.15, -0.1) is 0 Å². The minimum atomic E-state index is -0.422. The van der Waals surface area contributed by atoms with Gasteiger partial charge in [0.15, 0.2) is 0 Å². The van der Waals surface area contributed by atoms with E-state index >= 15 is 0 Å². The molecular weight excluding hydrogens is 232 g/mol. The van der Waals surface area contributed by atoms with E-state index in [1.165, 1.54) is 4.90 Å². The molecule has 0 aliphatic carbocycles. The Morgan fingerprint density at radius 2 is 1.94 bits per heavy atom. The predicted molar refractivity (Wildman–Crippen MR) is 67.4 cm³/mol. The summed E-state index contributed by atoms with van der Waals surface area (Å²) in [6.45, 7) is 3.84. The molecule has 2 rings (SSSR count). The van der Waals surface area contributed by atoms with Crippen molar-refractivity contribution in [3.63, 3.8) is 0 Å².